The van der Waals surface area contributed by atoms with Gasteiger partial charge in [0, 0.05) is 11.9 Å². The summed E-state index contributed by atoms with van der Waals surface area (Å²) in [6, 6.07) is 1.42. The molecule has 0 spiro atoms. The lowest BCUT2D eigenvalue weighted by molar-refractivity contribution is -0.195. The summed E-state index contributed by atoms with van der Waals surface area (Å²) in [6.07, 6.45) is -0.919. The van der Waals surface area contributed by atoms with E-state index in [9.17, 15) is 19.4 Å². The topological polar surface area (TPSA) is 105 Å². The van der Waals surface area contributed by atoms with E-state index in [1.54, 1.807) is 6.92 Å². The Kier molecular flexibility index (Phi) is 2.98. The zero-order valence-corrected chi connectivity index (χ0v) is 9.58. The number of rotatable bonds is 2. The third-order valence-corrected chi connectivity index (χ3v) is 2.95. The zero-order valence-electron chi connectivity index (χ0n) is 9.58. The molecular formula is C10H13FN2O5. The molecule has 1 saturated heterocycles. The molecule has 1 aliphatic rings. The smallest absolute Gasteiger partial charge is 0.350 e. The van der Waals surface area contributed by atoms with Crippen molar-refractivity contribution in [3.8, 4) is 0 Å². The fraction of sp³-hybridized carbons (Fsp3) is 0.600. The minimum atomic E-state index is -2.81. The van der Waals surface area contributed by atoms with Crippen LogP contribution >= 0.6 is 0 Å². The Morgan fingerprint density at radius 2 is 2.39 bits per heavy atom. The molecule has 0 aromatic carbocycles. The van der Waals surface area contributed by atoms with Gasteiger partial charge in [-0.25, -0.2) is 9.18 Å². The molecule has 0 unspecified atom stereocenters. The molecule has 0 amide bonds. The largest absolute Gasteiger partial charge is 0.390 e. The van der Waals surface area contributed by atoms with Crippen molar-refractivity contribution in [3.63, 3.8) is 0 Å². The second-order valence-electron chi connectivity index (χ2n) is 4.24. The number of aliphatic hydroxyl groups is 3. The van der Waals surface area contributed by atoms with Crippen LogP contribution in [0.25, 0.3) is 0 Å². The van der Waals surface area contributed by atoms with E-state index < -0.39 is 36.6 Å². The highest BCUT2D eigenvalue weighted by atomic mass is 19.2. The third kappa shape index (κ3) is 1.74. The molecule has 0 bridgehead atoms. The summed E-state index contributed by atoms with van der Waals surface area (Å²) in [6.45, 7) is -0.231. The average Bonchev–Trinajstić information content (AvgIpc) is 2.56. The highest BCUT2D eigenvalue weighted by Gasteiger charge is 2.60. The van der Waals surface area contributed by atoms with Crippen LogP contribution in [-0.2, 0) is 10.5 Å². The van der Waals surface area contributed by atoms with E-state index in [1.165, 1.54) is 12.3 Å². The van der Waals surface area contributed by atoms with E-state index in [2.05, 4.69) is 9.72 Å². The first-order valence-electron chi connectivity index (χ1n) is 5.24. The number of aryl methyl sites for hydroxylation is 1. The van der Waals surface area contributed by atoms with Crippen LogP contribution in [0, 0.1) is 6.92 Å². The van der Waals surface area contributed by atoms with Gasteiger partial charge >= 0.3 is 5.69 Å². The predicted octanol–water partition coefficient (Wildman–Crippen LogP) is -1.75. The van der Waals surface area contributed by atoms with Gasteiger partial charge in [0.05, 0.1) is 0 Å². The zero-order chi connectivity index (χ0) is 13.6. The lowest BCUT2D eigenvalue weighted by Crippen LogP contribution is -2.54. The Balaban J connectivity index is 2.47. The van der Waals surface area contributed by atoms with Crippen molar-refractivity contribution in [2.75, 3.05) is 13.2 Å². The molecule has 2 heterocycles. The standard InChI is InChI=1S/C10H13FN2O5/c1-6-2-3-13(8(16)12-6)10(17)5-18-9(11,4-14)7(10)15/h2-3,7,14-15,17H,4-5H2,1H3/t7-,9-,10-/m1/s1. The molecule has 1 fully saturated rings. The Morgan fingerprint density at radius 3 is 2.89 bits per heavy atom. The maximum Gasteiger partial charge on any atom is 0.350 e. The van der Waals surface area contributed by atoms with Gasteiger partial charge in [-0.05, 0) is 13.0 Å². The van der Waals surface area contributed by atoms with Crippen molar-refractivity contribution in [2.24, 2.45) is 0 Å². The number of alkyl halides is 1. The fourth-order valence-corrected chi connectivity index (χ4v) is 1.85. The Labute approximate surface area is 101 Å². The molecule has 1 aliphatic heterocycles. The number of halogens is 1. The van der Waals surface area contributed by atoms with E-state index in [1.807, 2.05) is 0 Å². The molecule has 1 aromatic heterocycles. The molecule has 3 N–H and O–H groups in total. The quantitative estimate of drug-likeness (QED) is 0.582. The maximum atomic E-state index is 13.8. The SMILES string of the molecule is Cc1ccn([C@@]2(O)CO[C@](F)(CO)[C@H]2O)c(=O)n1. The summed E-state index contributed by atoms with van der Waals surface area (Å²) < 4.78 is 19.0. The van der Waals surface area contributed by atoms with Gasteiger partial charge in [-0.15, -0.1) is 0 Å². The maximum absolute atomic E-state index is 13.8. The summed E-state index contributed by atoms with van der Waals surface area (Å²) in [7, 11) is 0. The number of hydrogen-bond acceptors (Lipinski definition) is 6. The lowest BCUT2D eigenvalue weighted by Gasteiger charge is -2.29. The van der Waals surface area contributed by atoms with Crippen molar-refractivity contribution in [3.05, 3.63) is 28.4 Å². The highest BCUT2D eigenvalue weighted by molar-refractivity contribution is 5.04. The minimum absolute atomic E-state index is 0.418. The second-order valence-corrected chi connectivity index (χ2v) is 4.24. The molecule has 18 heavy (non-hydrogen) atoms. The Morgan fingerprint density at radius 1 is 1.72 bits per heavy atom. The van der Waals surface area contributed by atoms with Gasteiger partial charge in [0.25, 0.3) is 5.85 Å². The number of hydrogen-bond donors (Lipinski definition) is 3. The number of aliphatic hydroxyl groups excluding tert-OH is 2. The van der Waals surface area contributed by atoms with Gasteiger partial charge < -0.3 is 20.1 Å². The van der Waals surface area contributed by atoms with E-state index in [4.69, 9.17) is 5.11 Å². The molecule has 3 atom stereocenters. The Bertz CT molecular complexity index is 521. The third-order valence-electron chi connectivity index (χ3n) is 2.95. The second kappa shape index (κ2) is 4.09. The van der Waals surface area contributed by atoms with Gasteiger partial charge in [0.15, 0.2) is 6.10 Å². The number of nitrogens with zero attached hydrogens (tertiary/aromatic N) is 2. The first-order valence-corrected chi connectivity index (χ1v) is 5.24. The summed E-state index contributed by atoms with van der Waals surface area (Å²) in [5.41, 5.74) is -2.72. The number of aromatic nitrogens is 2. The van der Waals surface area contributed by atoms with Crippen LogP contribution < -0.4 is 5.69 Å². The van der Waals surface area contributed by atoms with Crippen LogP contribution in [0.4, 0.5) is 4.39 Å². The predicted molar refractivity (Wildman–Crippen MR) is 56.3 cm³/mol. The van der Waals surface area contributed by atoms with E-state index in [0.717, 1.165) is 0 Å². The number of ether oxygens (including phenoxy) is 1. The van der Waals surface area contributed by atoms with Crippen LogP contribution in [0.15, 0.2) is 17.1 Å². The summed E-state index contributed by atoms with van der Waals surface area (Å²) in [4.78, 5) is 15.2. The van der Waals surface area contributed by atoms with Gasteiger partial charge in [-0.1, -0.05) is 0 Å². The van der Waals surface area contributed by atoms with Crippen LogP contribution in [0.3, 0.4) is 0 Å². The first-order chi connectivity index (χ1) is 8.33. The monoisotopic (exact) mass is 260 g/mol. The fourth-order valence-electron chi connectivity index (χ4n) is 1.85. The summed E-state index contributed by atoms with van der Waals surface area (Å²) in [5, 5.41) is 28.7. The normalized spacial score (nSPS) is 35.9. The van der Waals surface area contributed by atoms with Crippen molar-refractivity contribution in [1.29, 1.82) is 0 Å². The molecule has 2 rings (SSSR count). The molecule has 1 aromatic rings. The van der Waals surface area contributed by atoms with Crippen molar-refractivity contribution in [1.82, 2.24) is 9.55 Å². The van der Waals surface area contributed by atoms with E-state index in [0.29, 0.717) is 10.3 Å². The van der Waals surface area contributed by atoms with Crippen molar-refractivity contribution >= 4 is 0 Å². The minimum Gasteiger partial charge on any atom is -0.390 e. The average molecular weight is 260 g/mol. The van der Waals surface area contributed by atoms with Gasteiger partial charge in [-0.2, -0.15) is 4.98 Å². The van der Waals surface area contributed by atoms with Crippen molar-refractivity contribution < 1.29 is 24.4 Å². The first kappa shape index (κ1) is 13.1. The lowest BCUT2D eigenvalue weighted by atomic mass is 10.0. The van der Waals surface area contributed by atoms with Crippen LogP contribution in [0.1, 0.15) is 5.69 Å². The molecule has 0 aliphatic carbocycles. The van der Waals surface area contributed by atoms with Crippen LogP contribution in [0.5, 0.6) is 0 Å². The van der Waals surface area contributed by atoms with Gasteiger partial charge in [0.2, 0.25) is 5.72 Å². The molecule has 0 saturated carbocycles. The summed E-state index contributed by atoms with van der Waals surface area (Å²) in [5.74, 6) is -2.81. The van der Waals surface area contributed by atoms with E-state index in [-0.39, 0.29) is 0 Å². The van der Waals surface area contributed by atoms with Crippen molar-refractivity contribution in [2.45, 2.75) is 24.6 Å². The summed E-state index contributed by atoms with van der Waals surface area (Å²) >= 11 is 0. The molecule has 8 heteroatoms. The van der Waals surface area contributed by atoms with Gasteiger partial charge in [0.1, 0.15) is 13.2 Å². The highest BCUT2D eigenvalue weighted by Crippen LogP contribution is 2.36. The van der Waals surface area contributed by atoms with Crippen LogP contribution in [0.2, 0.25) is 0 Å². The Hall–Kier alpha value is -1.35. The van der Waals surface area contributed by atoms with E-state index >= 15 is 0 Å². The van der Waals surface area contributed by atoms with Gasteiger partial charge in [-0.3, -0.25) is 4.57 Å². The molecule has 0 radical (unpaired) electrons. The molecule has 7 nitrogen and oxygen atoms in total. The molecular weight excluding hydrogens is 247 g/mol. The molecule has 100 valence electrons. The van der Waals surface area contributed by atoms with Crippen LogP contribution in [-0.4, -0.2) is 50.0 Å².